The third-order valence-corrected chi connectivity index (χ3v) is 0.826. The van der Waals surface area contributed by atoms with Crippen LogP contribution < -0.4 is 5.32 Å². The summed E-state index contributed by atoms with van der Waals surface area (Å²) in [5, 5.41) is 1.96. The van der Waals surface area contributed by atoms with Crippen LogP contribution in [-0.2, 0) is 9.53 Å². The Labute approximate surface area is 73.1 Å². The summed E-state index contributed by atoms with van der Waals surface area (Å²) in [4.78, 5) is 21.4. The molecule has 0 heterocycles. The van der Waals surface area contributed by atoms with Crippen molar-refractivity contribution >= 4 is 19.8 Å². The quantitative estimate of drug-likeness (QED) is 0.585. The zero-order valence-corrected chi connectivity index (χ0v) is 7.51. The Hall–Kier alpha value is -0.995. The molecule has 2 radical (unpaired) electrons. The predicted octanol–water partition coefficient (Wildman–Crippen LogP) is 0.624. The van der Waals surface area contributed by atoms with Crippen LogP contribution in [0.4, 0.5) is 4.79 Å². The highest BCUT2D eigenvalue weighted by Gasteiger charge is 2.16. The van der Waals surface area contributed by atoms with Crippen molar-refractivity contribution in [3.05, 3.63) is 0 Å². The predicted molar refractivity (Wildman–Crippen MR) is 44.9 cm³/mol. The lowest BCUT2D eigenvalue weighted by atomic mass is 10.1. The van der Waals surface area contributed by atoms with Crippen LogP contribution in [0.3, 0.4) is 0 Å². The van der Waals surface area contributed by atoms with Gasteiger partial charge in [0.2, 0.25) is 5.91 Å². The maximum absolute atomic E-state index is 10.8. The third kappa shape index (κ3) is 5.76. The number of nitrogens with one attached hydrogen (secondary N) is 1. The van der Waals surface area contributed by atoms with Gasteiger partial charge in [0.25, 0.3) is 0 Å². The van der Waals surface area contributed by atoms with Gasteiger partial charge in [0, 0.05) is 0 Å². The lowest BCUT2D eigenvalue weighted by Crippen LogP contribution is -2.35. The molecule has 0 saturated heterocycles. The number of carbonyl (C=O) groups excluding carboxylic acids is 2. The molecule has 0 saturated carbocycles. The first-order valence-corrected chi connectivity index (χ1v) is 3.58. The van der Waals surface area contributed by atoms with Gasteiger partial charge in [0.15, 0.2) is 0 Å². The Kier molecular flexibility index (Phi) is 3.79. The first kappa shape index (κ1) is 11.0. The second-order valence-electron chi connectivity index (χ2n) is 3.25. The van der Waals surface area contributed by atoms with Crippen molar-refractivity contribution in [2.45, 2.75) is 32.7 Å². The van der Waals surface area contributed by atoms with E-state index >= 15 is 0 Å². The van der Waals surface area contributed by atoms with Crippen LogP contribution in [0.1, 0.15) is 20.8 Å². The van der Waals surface area contributed by atoms with E-state index in [1.807, 2.05) is 5.32 Å². The van der Waals surface area contributed by atoms with Gasteiger partial charge in [-0.1, -0.05) is 0 Å². The second kappa shape index (κ2) is 4.14. The van der Waals surface area contributed by atoms with Gasteiger partial charge in [0.1, 0.15) is 5.60 Å². The summed E-state index contributed by atoms with van der Waals surface area (Å²) in [5.41, 5.74) is -0.598. The van der Waals surface area contributed by atoms with Crippen molar-refractivity contribution in [1.29, 1.82) is 0 Å². The van der Waals surface area contributed by atoms with Crippen molar-refractivity contribution in [2.75, 3.05) is 0 Å². The molecule has 0 fully saturated rings. The summed E-state index contributed by atoms with van der Waals surface area (Å²) in [5.74, 6) is -0.552. The number of rotatable bonds is 1. The highest BCUT2D eigenvalue weighted by Crippen LogP contribution is 2.06. The van der Waals surface area contributed by atoms with Crippen LogP contribution in [0.2, 0.25) is 6.32 Å². The number of hydrogen-bond acceptors (Lipinski definition) is 3. The minimum atomic E-state index is -0.766. The molecule has 0 atom stereocenters. The molecule has 0 aliphatic heterocycles. The van der Waals surface area contributed by atoms with Gasteiger partial charge >= 0.3 is 6.09 Å². The molecule has 5 heteroatoms. The minimum absolute atomic E-state index is 0.223. The summed E-state index contributed by atoms with van der Waals surface area (Å²) in [6, 6.07) is 0. The molecule has 0 aliphatic rings. The van der Waals surface area contributed by atoms with Gasteiger partial charge < -0.3 is 4.74 Å². The van der Waals surface area contributed by atoms with E-state index in [1.165, 1.54) is 0 Å². The van der Waals surface area contributed by atoms with Gasteiger partial charge in [-0.05, 0) is 27.1 Å². The molecule has 0 aromatic heterocycles. The molecule has 12 heavy (non-hydrogen) atoms. The Bertz CT molecular complexity index is 186. The number of ether oxygens (including phenoxy) is 1. The summed E-state index contributed by atoms with van der Waals surface area (Å²) in [6.07, 6.45) is -0.989. The summed E-state index contributed by atoms with van der Waals surface area (Å²) in [7, 11) is 4.96. The van der Waals surface area contributed by atoms with E-state index in [0.717, 1.165) is 0 Å². The molecule has 0 bridgehead atoms. The molecule has 1 N–H and O–H groups in total. The number of hydrogen-bond donors (Lipinski definition) is 1. The van der Waals surface area contributed by atoms with Crippen molar-refractivity contribution in [2.24, 2.45) is 0 Å². The molecule has 4 nitrogen and oxygen atoms in total. The molecule has 2 amide bonds. The maximum atomic E-state index is 10.8. The second-order valence-corrected chi connectivity index (χ2v) is 3.25. The van der Waals surface area contributed by atoms with Gasteiger partial charge in [0.05, 0.1) is 7.85 Å². The van der Waals surface area contributed by atoms with Crippen LogP contribution in [0.15, 0.2) is 0 Å². The topological polar surface area (TPSA) is 55.4 Å². The zero-order chi connectivity index (χ0) is 9.78. The molecule has 0 rings (SSSR count). The Morgan fingerprint density at radius 3 is 2.25 bits per heavy atom. The molecule has 66 valence electrons. The van der Waals surface area contributed by atoms with Crippen LogP contribution in [0.25, 0.3) is 0 Å². The van der Waals surface area contributed by atoms with Gasteiger partial charge in [-0.25, -0.2) is 4.79 Å². The van der Waals surface area contributed by atoms with Crippen LogP contribution in [0, 0.1) is 0 Å². The summed E-state index contributed by atoms with van der Waals surface area (Å²) in [6.45, 7) is 5.12. The SMILES string of the molecule is [B]CC(=O)NC(=O)OC(C)(C)C. The molecule has 0 aliphatic carbocycles. The Morgan fingerprint density at radius 1 is 1.42 bits per heavy atom. The largest absolute Gasteiger partial charge is 0.444 e. The number of alkyl carbamates (subject to hydrolysis) is 1. The average molecular weight is 169 g/mol. The fourth-order valence-corrected chi connectivity index (χ4v) is 0.468. The van der Waals surface area contributed by atoms with E-state index in [-0.39, 0.29) is 6.32 Å². The van der Waals surface area contributed by atoms with Crippen molar-refractivity contribution in [3.8, 4) is 0 Å². The normalized spacial score (nSPS) is 10.6. The fraction of sp³-hybridized carbons (Fsp3) is 0.714. The Morgan fingerprint density at radius 2 is 1.92 bits per heavy atom. The lowest BCUT2D eigenvalue weighted by Gasteiger charge is -2.18. The van der Waals surface area contributed by atoms with E-state index in [2.05, 4.69) is 0 Å². The summed E-state index contributed by atoms with van der Waals surface area (Å²) < 4.78 is 4.78. The standard InChI is InChI=1S/C7H12BNO3/c1-7(2,3)12-6(11)9-5(10)4-8/h4H2,1-3H3,(H,9,10,11). The average Bonchev–Trinajstić information content (AvgIpc) is 1.82. The van der Waals surface area contributed by atoms with Crippen molar-refractivity contribution in [3.63, 3.8) is 0 Å². The number of amides is 2. The summed E-state index contributed by atoms with van der Waals surface area (Å²) >= 11 is 0. The molecular weight excluding hydrogens is 157 g/mol. The number of carbonyl (C=O) groups is 2. The van der Waals surface area contributed by atoms with Gasteiger partial charge in [-0.3, -0.25) is 10.1 Å². The third-order valence-electron chi connectivity index (χ3n) is 0.826. The molecular formula is C7H12BNO3. The van der Waals surface area contributed by atoms with E-state index in [4.69, 9.17) is 12.6 Å². The highest BCUT2D eigenvalue weighted by molar-refractivity contribution is 6.21. The Balaban J connectivity index is 3.83. The fourth-order valence-electron chi connectivity index (χ4n) is 0.468. The highest BCUT2D eigenvalue weighted by atomic mass is 16.6. The van der Waals surface area contributed by atoms with E-state index in [9.17, 15) is 9.59 Å². The molecule has 0 aromatic rings. The van der Waals surface area contributed by atoms with Crippen LogP contribution in [-0.4, -0.2) is 25.4 Å². The lowest BCUT2D eigenvalue weighted by molar-refractivity contribution is -0.118. The molecule has 0 unspecified atom stereocenters. The first-order chi connectivity index (χ1) is 5.35. The minimum Gasteiger partial charge on any atom is -0.444 e. The zero-order valence-electron chi connectivity index (χ0n) is 7.51. The smallest absolute Gasteiger partial charge is 0.414 e. The van der Waals surface area contributed by atoms with Gasteiger partial charge in [-0.2, -0.15) is 0 Å². The maximum Gasteiger partial charge on any atom is 0.414 e. The van der Waals surface area contributed by atoms with Crippen molar-refractivity contribution in [1.82, 2.24) is 5.32 Å². The van der Waals surface area contributed by atoms with Crippen LogP contribution >= 0.6 is 0 Å². The first-order valence-electron chi connectivity index (χ1n) is 3.58. The molecule has 0 aromatic carbocycles. The van der Waals surface area contributed by atoms with Crippen LogP contribution in [0.5, 0.6) is 0 Å². The van der Waals surface area contributed by atoms with Gasteiger partial charge in [-0.15, -0.1) is 0 Å². The number of imide groups is 1. The molecule has 0 spiro atoms. The van der Waals surface area contributed by atoms with E-state index in [0.29, 0.717) is 0 Å². The van der Waals surface area contributed by atoms with E-state index in [1.54, 1.807) is 20.8 Å². The van der Waals surface area contributed by atoms with E-state index < -0.39 is 17.6 Å². The van der Waals surface area contributed by atoms with Crippen molar-refractivity contribution < 1.29 is 14.3 Å². The monoisotopic (exact) mass is 169 g/mol.